The van der Waals surface area contributed by atoms with Crippen LogP contribution in [-0.2, 0) is 6.54 Å². The Morgan fingerprint density at radius 2 is 2.44 bits per heavy atom. The number of thiazole rings is 1. The van der Waals surface area contributed by atoms with Gasteiger partial charge in [-0.2, -0.15) is 0 Å². The largest absolute Gasteiger partial charge is 0.314 e. The van der Waals surface area contributed by atoms with Gasteiger partial charge in [-0.1, -0.05) is 25.4 Å². The van der Waals surface area contributed by atoms with E-state index >= 15 is 0 Å². The topological polar surface area (TPSA) is 28.2 Å². The molecule has 1 aromatic rings. The van der Waals surface area contributed by atoms with Gasteiger partial charge in [0, 0.05) is 30.2 Å². The van der Waals surface area contributed by atoms with Crippen molar-refractivity contribution in [2.75, 3.05) is 19.6 Å². The number of halogens is 1. The summed E-state index contributed by atoms with van der Waals surface area (Å²) in [5, 5.41) is 3.55. The van der Waals surface area contributed by atoms with Gasteiger partial charge in [-0.05, 0) is 31.8 Å². The Hall–Kier alpha value is -0.160. The Bertz CT molecular complexity index is 367. The molecule has 1 saturated heterocycles. The number of hydrogen-bond donors (Lipinski definition) is 1. The van der Waals surface area contributed by atoms with Crippen LogP contribution >= 0.6 is 22.9 Å². The van der Waals surface area contributed by atoms with Crippen molar-refractivity contribution < 1.29 is 0 Å². The zero-order chi connectivity index (χ0) is 13.0. The van der Waals surface area contributed by atoms with E-state index < -0.39 is 0 Å². The van der Waals surface area contributed by atoms with Gasteiger partial charge in [0.25, 0.3) is 0 Å². The highest BCUT2D eigenvalue weighted by Crippen LogP contribution is 2.22. The number of aromatic nitrogens is 1. The third kappa shape index (κ3) is 4.50. The Morgan fingerprint density at radius 3 is 3.11 bits per heavy atom. The molecule has 1 aromatic heterocycles. The standard InChI is InChI=1S/C13H22ClN3S/c1-10(2)15-6-11-4-3-5-17(8-11)9-12-7-16-13(14)18-12/h7,10-11,15H,3-6,8-9H2,1-2H3. The lowest BCUT2D eigenvalue weighted by Gasteiger charge is -2.32. The molecule has 1 fully saturated rings. The monoisotopic (exact) mass is 287 g/mol. The molecule has 102 valence electrons. The van der Waals surface area contributed by atoms with Crippen LogP contribution in [0.5, 0.6) is 0 Å². The van der Waals surface area contributed by atoms with Gasteiger partial charge < -0.3 is 5.32 Å². The van der Waals surface area contributed by atoms with Gasteiger partial charge in [0.15, 0.2) is 4.47 Å². The maximum atomic E-state index is 5.87. The normalized spacial score (nSPS) is 21.7. The van der Waals surface area contributed by atoms with E-state index in [0.29, 0.717) is 10.5 Å². The first-order chi connectivity index (χ1) is 8.63. The summed E-state index contributed by atoms with van der Waals surface area (Å²) in [6.45, 7) is 8.95. The molecule has 2 heterocycles. The molecule has 0 spiro atoms. The molecular weight excluding hydrogens is 266 g/mol. The molecule has 0 radical (unpaired) electrons. The fourth-order valence-electron chi connectivity index (χ4n) is 2.44. The van der Waals surface area contributed by atoms with Crippen LogP contribution < -0.4 is 5.32 Å². The summed E-state index contributed by atoms with van der Waals surface area (Å²) >= 11 is 7.47. The third-order valence-electron chi connectivity index (χ3n) is 3.32. The number of likely N-dealkylation sites (tertiary alicyclic amines) is 1. The molecule has 18 heavy (non-hydrogen) atoms. The van der Waals surface area contributed by atoms with Crippen LogP contribution in [0.2, 0.25) is 4.47 Å². The Balaban J connectivity index is 1.79. The van der Waals surface area contributed by atoms with Gasteiger partial charge in [-0.3, -0.25) is 4.90 Å². The zero-order valence-electron chi connectivity index (χ0n) is 11.2. The van der Waals surface area contributed by atoms with Gasteiger partial charge in [-0.25, -0.2) is 4.98 Å². The summed E-state index contributed by atoms with van der Waals surface area (Å²) < 4.78 is 0.653. The Kier molecular flexibility index (Phi) is 5.42. The van der Waals surface area contributed by atoms with Crippen molar-refractivity contribution in [1.82, 2.24) is 15.2 Å². The highest BCUT2D eigenvalue weighted by atomic mass is 35.5. The van der Waals surface area contributed by atoms with E-state index in [9.17, 15) is 0 Å². The van der Waals surface area contributed by atoms with Gasteiger partial charge in [0.2, 0.25) is 0 Å². The minimum Gasteiger partial charge on any atom is -0.314 e. The zero-order valence-corrected chi connectivity index (χ0v) is 12.7. The van der Waals surface area contributed by atoms with Crippen molar-refractivity contribution in [3.63, 3.8) is 0 Å². The van der Waals surface area contributed by atoms with E-state index in [1.165, 1.54) is 30.8 Å². The summed E-state index contributed by atoms with van der Waals surface area (Å²) in [4.78, 5) is 7.91. The lowest BCUT2D eigenvalue weighted by atomic mass is 9.98. The van der Waals surface area contributed by atoms with Crippen molar-refractivity contribution in [2.24, 2.45) is 5.92 Å². The molecule has 0 aliphatic carbocycles. The van der Waals surface area contributed by atoms with E-state index in [1.807, 2.05) is 6.20 Å². The number of piperidine rings is 1. The van der Waals surface area contributed by atoms with E-state index in [4.69, 9.17) is 11.6 Å². The summed E-state index contributed by atoms with van der Waals surface area (Å²) in [5.74, 6) is 0.782. The van der Waals surface area contributed by atoms with Gasteiger partial charge in [-0.15, -0.1) is 11.3 Å². The van der Waals surface area contributed by atoms with Crippen molar-refractivity contribution >= 4 is 22.9 Å². The number of nitrogens with zero attached hydrogens (tertiary/aromatic N) is 2. The quantitative estimate of drug-likeness (QED) is 0.902. The third-order valence-corrected chi connectivity index (χ3v) is 4.42. The predicted molar refractivity (Wildman–Crippen MR) is 78.3 cm³/mol. The molecule has 0 amide bonds. The van der Waals surface area contributed by atoms with E-state index in [2.05, 4.69) is 29.0 Å². The fraction of sp³-hybridized carbons (Fsp3) is 0.769. The van der Waals surface area contributed by atoms with Crippen LogP contribution in [0.25, 0.3) is 0 Å². The average molecular weight is 288 g/mol. The van der Waals surface area contributed by atoms with Crippen LogP contribution in [0.4, 0.5) is 0 Å². The molecule has 1 aliphatic rings. The minimum absolute atomic E-state index is 0.584. The number of hydrogen-bond acceptors (Lipinski definition) is 4. The average Bonchev–Trinajstić information content (AvgIpc) is 2.73. The van der Waals surface area contributed by atoms with Crippen molar-refractivity contribution in [3.8, 4) is 0 Å². The molecule has 0 aromatic carbocycles. The van der Waals surface area contributed by atoms with Crippen LogP contribution in [-0.4, -0.2) is 35.6 Å². The predicted octanol–water partition coefficient (Wildman–Crippen LogP) is 3.01. The molecule has 1 N–H and O–H groups in total. The molecular formula is C13H22ClN3S. The Morgan fingerprint density at radius 1 is 1.61 bits per heavy atom. The molecule has 2 rings (SSSR count). The summed E-state index contributed by atoms with van der Waals surface area (Å²) in [5.41, 5.74) is 0. The lowest BCUT2D eigenvalue weighted by molar-refractivity contribution is 0.165. The van der Waals surface area contributed by atoms with Crippen LogP contribution in [0, 0.1) is 5.92 Å². The molecule has 1 atom stereocenters. The SMILES string of the molecule is CC(C)NCC1CCCN(Cc2cnc(Cl)s2)C1. The minimum atomic E-state index is 0.584. The van der Waals surface area contributed by atoms with E-state index in [1.54, 1.807) is 11.3 Å². The first kappa shape index (κ1) is 14.3. The van der Waals surface area contributed by atoms with E-state index in [-0.39, 0.29) is 0 Å². The maximum Gasteiger partial charge on any atom is 0.183 e. The lowest BCUT2D eigenvalue weighted by Crippen LogP contribution is -2.40. The molecule has 1 unspecified atom stereocenters. The first-order valence-electron chi connectivity index (χ1n) is 6.69. The Labute approximate surface area is 119 Å². The number of rotatable bonds is 5. The highest BCUT2D eigenvalue weighted by Gasteiger charge is 2.20. The maximum absolute atomic E-state index is 5.87. The highest BCUT2D eigenvalue weighted by molar-refractivity contribution is 7.15. The number of nitrogens with one attached hydrogen (secondary N) is 1. The molecule has 3 nitrogen and oxygen atoms in total. The van der Waals surface area contributed by atoms with Crippen LogP contribution in [0.3, 0.4) is 0 Å². The second-order valence-corrected chi connectivity index (χ2v) is 7.08. The van der Waals surface area contributed by atoms with Gasteiger partial charge in [0.1, 0.15) is 0 Å². The fourth-order valence-corrected chi connectivity index (χ4v) is 3.46. The smallest absolute Gasteiger partial charge is 0.183 e. The van der Waals surface area contributed by atoms with Crippen molar-refractivity contribution in [1.29, 1.82) is 0 Å². The van der Waals surface area contributed by atoms with E-state index in [0.717, 1.165) is 19.0 Å². The molecule has 5 heteroatoms. The van der Waals surface area contributed by atoms with Gasteiger partial charge >= 0.3 is 0 Å². The first-order valence-corrected chi connectivity index (χ1v) is 7.89. The molecule has 0 bridgehead atoms. The van der Waals surface area contributed by atoms with Crippen molar-refractivity contribution in [3.05, 3.63) is 15.5 Å². The second-order valence-electron chi connectivity index (χ2n) is 5.39. The summed E-state index contributed by atoms with van der Waals surface area (Å²) in [7, 11) is 0. The summed E-state index contributed by atoms with van der Waals surface area (Å²) in [6.07, 6.45) is 4.56. The van der Waals surface area contributed by atoms with Crippen LogP contribution in [0.15, 0.2) is 6.20 Å². The second kappa shape index (κ2) is 6.85. The van der Waals surface area contributed by atoms with Crippen molar-refractivity contribution in [2.45, 2.75) is 39.3 Å². The van der Waals surface area contributed by atoms with Gasteiger partial charge in [0.05, 0.1) is 0 Å². The van der Waals surface area contributed by atoms with Crippen LogP contribution in [0.1, 0.15) is 31.6 Å². The molecule has 0 saturated carbocycles. The molecule has 1 aliphatic heterocycles. The summed E-state index contributed by atoms with van der Waals surface area (Å²) in [6, 6.07) is 0.584.